The van der Waals surface area contributed by atoms with E-state index in [0.29, 0.717) is 16.3 Å². The van der Waals surface area contributed by atoms with Gasteiger partial charge in [0.15, 0.2) is 0 Å². The molecule has 0 fully saturated rings. The van der Waals surface area contributed by atoms with E-state index in [4.69, 9.17) is 11.6 Å². The van der Waals surface area contributed by atoms with Crippen molar-refractivity contribution in [3.63, 3.8) is 0 Å². The molecular weight excluding hydrogens is 334 g/mol. The molecule has 5 heteroatoms. The number of aromatic nitrogens is 1. The highest BCUT2D eigenvalue weighted by molar-refractivity contribution is 6.33. The van der Waals surface area contributed by atoms with Crippen molar-refractivity contribution in [1.29, 1.82) is 0 Å². The fourth-order valence-electron chi connectivity index (χ4n) is 2.47. The van der Waals surface area contributed by atoms with Crippen molar-refractivity contribution in [3.05, 3.63) is 89.2 Å². The molecule has 0 bridgehead atoms. The molecule has 2 aromatic carbocycles. The van der Waals surface area contributed by atoms with Crippen LogP contribution in [0.5, 0.6) is 0 Å². The van der Waals surface area contributed by atoms with Crippen LogP contribution in [0.3, 0.4) is 0 Å². The Morgan fingerprint density at radius 2 is 1.88 bits per heavy atom. The number of hydrogen-bond acceptors (Lipinski definition) is 3. The second-order valence-corrected chi connectivity index (χ2v) is 6.07. The van der Waals surface area contributed by atoms with E-state index in [-0.39, 0.29) is 11.9 Å². The summed E-state index contributed by atoms with van der Waals surface area (Å²) >= 11 is 6.36. The molecular formula is C20H18ClN3O. The maximum Gasteiger partial charge on any atom is 0.257 e. The van der Waals surface area contributed by atoms with Crippen LogP contribution < -0.4 is 10.6 Å². The summed E-state index contributed by atoms with van der Waals surface area (Å²) in [5.74, 6) is -0.220. The third-order valence-electron chi connectivity index (χ3n) is 3.82. The predicted molar refractivity (Wildman–Crippen MR) is 102 cm³/mol. The average Bonchev–Trinajstić information content (AvgIpc) is 2.65. The number of nitrogens with one attached hydrogen (secondary N) is 2. The van der Waals surface area contributed by atoms with Crippen LogP contribution >= 0.6 is 11.6 Å². The van der Waals surface area contributed by atoms with Crippen LogP contribution in [0.2, 0.25) is 5.02 Å². The van der Waals surface area contributed by atoms with Crippen molar-refractivity contribution >= 4 is 28.9 Å². The van der Waals surface area contributed by atoms with Gasteiger partial charge in [0.1, 0.15) is 0 Å². The first-order valence-corrected chi connectivity index (χ1v) is 8.33. The first-order valence-electron chi connectivity index (χ1n) is 7.96. The van der Waals surface area contributed by atoms with Crippen molar-refractivity contribution in [2.75, 3.05) is 10.6 Å². The highest BCUT2D eigenvalue weighted by Crippen LogP contribution is 2.29. The normalized spacial score (nSPS) is 11.6. The number of anilines is 2. The molecule has 0 radical (unpaired) electrons. The molecule has 25 heavy (non-hydrogen) atoms. The van der Waals surface area contributed by atoms with Crippen LogP contribution in [0, 0.1) is 0 Å². The van der Waals surface area contributed by atoms with Crippen LogP contribution in [-0.4, -0.2) is 10.9 Å². The SMILES string of the molecule is C[C@@H](Nc1ccc(NC(=O)c2cccnc2)cc1Cl)c1ccccc1. The van der Waals surface area contributed by atoms with E-state index in [1.165, 1.54) is 11.8 Å². The monoisotopic (exact) mass is 351 g/mol. The fourth-order valence-corrected chi connectivity index (χ4v) is 2.70. The van der Waals surface area contributed by atoms with Gasteiger partial charge >= 0.3 is 0 Å². The third-order valence-corrected chi connectivity index (χ3v) is 4.13. The van der Waals surface area contributed by atoms with Gasteiger partial charge < -0.3 is 10.6 Å². The van der Waals surface area contributed by atoms with Gasteiger partial charge in [-0.3, -0.25) is 9.78 Å². The Kier molecular flexibility index (Phi) is 5.31. The number of halogens is 1. The van der Waals surface area contributed by atoms with Crippen molar-refractivity contribution in [3.8, 4) is 0 Å². The zero-order chi connectivity index (χ0) is 17.6. The molecule has 0 aliphatic rings. The lowest BCUT2D eigenvalue weighted by Crippen LogP contribution is -2.12. The summed E-state index contributed by atoms with van der Waals surface area (Å²) in [4.78, 5) is 16.1. The number of amides is 1. The maximum absolute atomic E-state index is 12.2. The van der Waals surface area contributed by atoms with Crippen LogP contribution in [0.15, 0.2) is 73.1 Å². The van der Waals surface area contributed by atoms with Crippen LogP contribution in [0.4, 0.5) is 11.4 Å². The summed E-state index contributed by atoms with van der Waals surface area (Å²) in [5, 5.41) is 6.75. The van der Waals surface area contributed by atoms with Gasteiger partial charge in [-0.1, -0.05) is 41.9 Å². The predicted octanol–water partition coefficient (Wildman–Crippen LogP) is 5.16. The van der Waals surface area contributed by atoms with Gasteiger partial charge in [0.05, 0.1) is 16.3 Å². The molecule has 1 amide bonds. The lowest BCUT2D eigenvalue weighted by atomic mass is 10.1. The fraction of sp³-hybridized carbons (Fsp3) is 0.100. The molecule has 126 valence electrons. The number of hydrogen-bond donors (Lipinski definition) is 2. The molecule has 1 heterocycles. The van der Waals surface area contributed by atoms with Crippen LogP contribution in [0.1, 0.15) is 28.9 Å². The Morgan fingerprint density at radius 3 is 2.56 bits per heavy atom. The van der Waals surface area contributed by atoms with Crippen molar-refractivity contribution < 1.29 is 4.79 Å². The molecule has 0 aliphatic carbocycles. The number of pyridine rings is 1. The van der Waals surface area contributed by atoms with E-state index in [2.05, 4.69) is 34.7 Å². The third kappa shape index (κ3) is 4.37. The lowest BCUT2D eigenvalue weighted by Gasteiger charge is -2.17. The number of benzene rings is 2. The molecule has 4 nitrogen and oxygen atoms in total. The minimum absolute atomic E-state index is 0.120. The Labute approximate surface area is 151 Å². The number of carbonyl (C=O) groups excluding carboxylic acids is 1. The Bertz CT molecular complexity index is 853. The summed E-state index contributed by atoms with van der Waals surface area (Å²) in [6.07, 6.45) is 3.15. The van der Waals surface area contributed by atoms with E-state index >= 15 is 0 Å². The molecule has 3 aromatic rings. The van der Waals surface area contributed by atoms with E-state index < -0.39 is 0 Å². The first kappa shape index (κ1) is 17.0. The molecule has 0 spiro atoms. The van der Waals surface area contributed by atoms with Gasteiger partial charge in [-0.25, -0.2) is 0 Å². The maximum atomic E-state index is 12.2. The highest BCUT2D eigenvalue weighted by Gasteiger charge is 2.10. The molecule has 1 aromatic heterocycles. The molecule has 1 atom stereocenters. The summed E-state index contributed by atoms with van der Waals surface area (Å²) in [5.41, 5.74) is 3.13. The molecule has 3 rings (SSSR count). The average molecular weight is 352 g/mol. The quantitative estimate of drug-likeness (QED) is 0.667. The number of carbonyl (C=O) groups is 1. The smallest absolute Gasteiger partial charge is 0.257 e. The standard InChI is InChI=1S/C20H18ClN3O/c1-14(15-6-3-2-4-7-15)23-19-10-9-17(12-18(19)21)24-20(25)16-8-5-11-22-13-16/h2-14,23H,1H3,(H,24,25)/t14-/m1/s1. The molecule has 0 unspecified atom stereocenters. The van der Waals surface area contributed by atoms with Gasteiger partial charge in [0.2, 0.25) is 0 Å². The second kappa shape index (κ2) is 7.81. The molecule has 0 saturated carbocycles. The lowest BCUT2D eigenvalue weighted by molar-refractivity contribution is 0.102. The minimum atomic E-state index is -0.220. The van der Waals surface area contributed by atoms with E-state index in [1.54, 1.807) is 24.4 Å². The van der Waals surface area contributed by atoms with E-state index in [9.17, 15) is 4.79 Å². The number of rotatable bonds is 5. The zero-order valence-corrected chi connectivity index (χ0v) is 14.5. The summed E-state index contributed by atoms with van der Waals surface area (Å²) in [6, 6.07) is 19.1. The summed E-state index contributed by atoms with van der Waals surface area (Å²) in [6.45, 7) is 2.07. The van der Waals surface area contributed by atoms with Crippen molar-refractivity contribution in [1.82, 2.24) is 4.98 Å². The first-order chi connectivity index (χ1) is 12.1. The topological polar surface area (TPSA) is 54.0 Å². The number of nitrogens with zero attached hydrogens (tertiary/aromatic N) is 1. The molecule has 0 aliphatic heterocycles. The Hall–Kier alpha value is -2.85. The van der Waals surface area contributed by atoms with Crippen molar-refractivity contribution in [2.45, 2.75) is 13.0 Å². The van der Waals surface area contributed by atoms with E-state index in [0.717, 1.165) is 5.69 Å². The second-order valence-electron chi connectivity index (χ2n) is 5.67. The molecule has 2 N–H and O–H groups in total. The van der Waals surface area contributed by atoms with Crippen LogP contribution in [-0.2, 0) is 0 Å². The van der Waals surface area contributed by atoms with Crippen molar-refractivity contribution in [2.24, 2.45) is 0 Å². The Morgan fingerprint density at radius 1 is 1.08 bits per heavy atom. The van der Waals surface area contributed by atoms with Crippen LogP contribution in [0.25, 0.3) is 0 Å². The Balaban J connectivity index is 1.70. The van der Waals surface area contributed by atoms with Gasteiger partial charge in [0.25, 0.3) is 5.91 Å². The highest BCUT2D eigenvalue weighted by atomic mass is 35.5. The largest absolute Gasteiger partial charge is 0.377 e. The zero-order valence-electron chi connectivity index (χ0n) is 13.7. The van der Waals surface area contributed by atoms with Gasteiger partial charge in [0, 0.05) is 24.1 Å². The van der Waals surface area contributed by atoms with Gasteiger partial charge in [-0.15, -0.1) is 0 Å². The molecule has 0 saturated heterocycles. The van der Waals surface area contributed by atoms with Gasteiger partial charge in [-0.2, -0.15) is 0 Å². The minimum Gasteiger partial charge on any atom is -0.377 e. The summed E-state index contributed by atoms with van der Waals surface area (Å²) < 4.78 is 0. The van der Waals surface area contributed by atoms with E-state index in [1.807, 2.05) is 30.3 Å². The van der Waals surface area contributed by atoms with Gasteiger partial charge in [-0.05, 0) is 42.8 Å². The summed E-state index contributed by atoms with van der Waals surface area (Å²) in [7, 11) is 0.